The van der Waals surface area contributed by atoms with E-state index in [4.69, 9.17) is 0 Å². The lowest BCUT2D eigenvalue weighted by atomic mass is 10.1. The first-order valence-corrected chi connectivity index (χ1v) is 9.74. The highest BCUT2D eigenvalue weighted by molar-refractivity contribution is 6.07. The van der Waals surface area contributed by atoms with E-state index >= 15 is 0 Å². The van der Waals surface area contributed by atoms with Gasteiger partial charge in [-0.25, -0.2) is 4.79 Å². The minimum atomic E-state index is -0.0942. The summed E-state index contributed by atoms with van der Waals surface area (Å²) in [6, 6.07) is 15.7. The quantitative estimate of drug-likeness (QED) is 0.871. The third kappa shape index (κ3) is 3.97. The average molecular weight is 363 g/mol. The van der Waals surface area contributed by atoms with E-state index in [1.54, 1.807) is 0 Å². The van der Waals surface area contributed by atoms with Gasteiger partial charge in [0.2, 0.25) is 0 Å². The van der Waals surface area contributed by atoms with Crippen molar-refractivity contribution >= 4 is 17.6 Å². The Morgan fingerprint density at radius 3 is 2.59 bits per heavy atom. The highest BCUT2D eigenvalue weighted by atomic mass is 16.2. The SMILES string of the molecule is O=C(NCc1ccc2c(c1)CCN2C(=O)c1ccccc1)NC1CCCC1. The molecule has 0 unspecified atom stereocenters. The van der Waals surface area contributed by atoms with Crippen molar-refractivity contribution in [1.29, 1.82) is 0 Å². The predicted molar refractivity (Wildman–Crippen MR) is 106 cm³/mol. The van der Waals surface area contributed by atoms with Crippen molar-refractivity contribution in [2.45, 2.75) is 44.7 Å². The molecule has 27 heavy (non-hydrogen) atoms. The van der Waals surface area contributed by atoms with Crippen molar-refractivity contribution in [3.63, 3.8) is 0 Å². The van der Waals surface area contributed by atoms with Crippen LogP contribution in [0, 0.1) is 0 Å². The maximum atomic E-state index is 12.7. The molecule has 4 rings (SSSR count). The summed E-state index contributed by atoms with van der Waals surface area (Å²) in [7, 11) is 0. The van der Waals surface area contributed by atoms with Crippen LogP contribution >= 0.6 is 0 Å². The first-order valence-electron chi connectivity index (χ1n) is 9.74. The Morgan fingerprint density at radius 1 is 1.04 bits per heavy atom. The van der Waals surface area contributed by atoms with Gasteiger partial charge in [0.25, 0.3) is 5.91 Å². The van der Waals surface area contributed by atoms with Gasteiger partial charge in [-0.05, 0) is 48.6 Å². The van der Waals surface area contributed by atoms with Gasteiger partial charge in [0.05, 0.1) is 0 Å². The molecule has 1 aliphatic heterocycles. The third-order valence-electron chi connectivity index (χ3n) is 5.45. The number of rotatable bonds is 4. The molecular weight excluding hydrogens is 338 g/mol. The maximum absolute atomic E-state index is 12.7. The summed E-state index contributed by atoms with van der Waals surface area (Å²) in [5.41, 5.74) is 3.90. The zero-order valence-corrected chi connectivity index (χ0v) is 15.4. The Kier molecular flexibility index (Phi) is 5.10. The van der Waals surface area contributed by atoms with Crippen LogP contribution in [0.15, 0.2) is 48.5 Å². The Bertz CT molecular complexity index is 829. The van der Waals surface area contributed by atoms with Crippen molar-refractivity contribution in [2.75, 3.05) is 11.4 Å². The smallest absolute Gasteiger partial charge is 0.315 e. The van der Waals surface area contributed by atoms with Crippen LogP contribution in [0.25, 0.3) is 0 Å². The van der Waals surface area contributed by atoms with Crippen LogP contribution in [0.4, 0.5) is 10.5 Å². The number of benzene rings is 2. The second kappa shape index (κ2) is 7.82. The summed E-state index contributed by atoms with van der Waals surface area (Å²) in [6.45, 7) is 1.20. The molecule has 0 saturated heterocycles. The molecule has 1 heterocycles. The normalized spacial score (nSPS) is 16.2. The molecule has 0 radical (unpaired) electrons. The van der Waals surface area contributed by atoms with E-state index < -0.39 is 0 Å². The first-order chi connectivity index (χ1) is 13.2. The Balaban J connectivity index is 1.38. The number of carbonyl (C=O) groups excluding carboxylic acids is 2. The molecule has 0 atom stereocenters. The fourth-order valence-corrected chi connectivity index (χ4v) is 4.00. The van der Waals surface area contributed by atoms with Crippen LogP contribution in [-0.4, -0.2) is 24.5 Å². The molecule has 3 amide bonds. The monoisotopic (exact) mass is 363 g/mol. The molecule has 2 aromatic rings. The fourth-order valence-electron chi connectivity index (χ4n) is 4.00. The highest BCUT2D eigenvalue weighted by Crippen LogP contribution is 2.30. The van der Waals surface area contributed by atoms with Crippen LogP contribution in [0.1, 0.15) is 47.2 Å². The van der Waals surface area contributed by atoms with Gasteiger partial charge in [-0.15, -0.1) is 0 Å². The fraction of sp³-hybridized carbons (Fsp3) is 0.364. The Labute approximate surface area is 159 Å². The van der Waals surface area contributed by atoms with Crippen LogP contribution < -0.4 is 15.5 Å². The van der Waals surface area contributed by atoms with Crippen molar-refractivity contribution < 1.29 is 9.59 Å². The largest absolute Gasteiger partial charge is 0.335 e. The van der Waals surface area contributed by atoms with E-state index in [9.17, 15) is 9.59 Å². The van der Waals surface area contributed by atoms with E-state index in [2.05, 4.69) is 16.7 Å². The third-order valence-corrected chi connectivity index (χ3v) is 5.45. The molecule has 2 aliphatic rings. The molecule has 2 N–H and O–H groups in total. The van der Waals surface area contributed by atoms with Crippen LogP contribution in [-0.2, 0) is 13.0 Å². The van der Waals surface area contributed by atoms with Crippen LogP contribution in [0.5, 0.6) is 0 Å². The lowest BCUT2D eigenvalue weighted by Gasteiger charge is -2.18. The molecule has 1 aliphatic carbocycles. The molecule has 0 bridgehead atoms. The van der Waals surface area contributed by atoms with Gasteiger partial charge in [0.15, 0.2) is 0 Å². The summed E-state index contributed by atoms with van der Waals surface area (Å²) in [5.74, 6) is 0.0381. The predicted octanol–water partition coefficient (Wildman–Crippen LogP) is 3.63. The van der Waals surface area contributed by atoms with Gasteiger partial charge in [0, 0.05) is 30.4 Å². The minimum Gasteiger partial charge on any atom is -0.335 e. The number of fused-ring (bicyclic) bond motifs is 1. The molecule has 5 heteroatoms. The summed E-state index contributed by atoms with van der Waals surface area (Å²) in [5, 5.41) is 5.98. The first kappa shape index (κ1) is 17.6. The standard InChI is InChI=1S/C22H25N3O2/c26-21(17-6-2-1-3-7-17)25-13-12-18-14-16(10-11-20(18)25)15-23-22(27)24-19-8-4-5-9-19/h1-3,6-7,10-11,14,19H,4-5,8-9,12-13,15H2,(H2,23,24,27). The lowest BCUT2D eigenvalue weighted by molar-refractivity contribution is 0.0989. The lowest BCUT2D eigenvalue weighted by Crippen LogP contribution is -2.40. The topological polar surface area (TPSA) is 61.4 Å². The number of amides is 3. The maximum Gasteiger partial charge on any atom is 0.315 e. The minimum absolute atomic E-state index is 0.0381. The second-order valence-corrected chi connectivity index (χ2v) is 7.34. The Hall–Kier alpha value is -2.82. The molecule has 0 spiro atoms. The van der Waals surface area contributed by atoms with E-state index in [1.165, 1.54) is 12.8 Å². The number of nitrogens with zero attached hydrogens (tertiary/aromatic N) is 1. The molecule has 1 fully saturated rings. The van der Waals surface area contributed by atoms with Crippen molar-refractivity contribution in [3.8, 4) is 0 Å². The van der Waals surface area contributed by atoms with Gasteiger partial charge in [-0.3, -0.25) is 4.79 Å². The zero-order chi connectivity index (χ0) is 18.6. The zero-order valence-electron chi connectivity index (χ0n) is 15.4. The van der Waals surface area contributed by atoms with Gasteiger partial charge in [0.1, 0.15) is 0 Å². The van der Waals surface area contributed by atoms with E-state index in [-0.39, 0.29) is 11.9 Å². The van der Waals surface area contributed by atoms with Crippen molar-refractivity contribution in [2.24, 2.45) is 0 Å². The number of hydrogen-bond acceptors (Lipinski definition) is 2. The van der Waals surface area contributed by atoms with Crippen molar-refractivity contribution in [1.82, 2.24) is 10.6 Å². The van der Waals surface area contributed by atoms with E-state index in [1.807, 2.05) is 47.4 Å². The molecule has 1 saturated carbocycles. The van der Waals surface area contributed by atoms with E-state index in [0.29, 0.717) is 24.7 Å². The number of nitrogens with one attached hydrogen (secondary N) is 2. The molecule has 2 aromatic carbocycles. The summed E-state index contributed by atoms with van der Waals surface area (Å²) in [6.07, 6.45) is 5.41. The highest BCUT2D eigenvalue weighted by Gasteiger charge is 2.25. The van der Waals surface area contributed by atoms with Crippen LogP contribution in [0.2, 0.25) is 0 Å². The van der Waals surface area contributed by atoms with Crippen LogP contribution in [0.3, 0.4) is 0 Å². The van der Waals surface area contributed by atoms with E-state index in [0.717, 1.165) is 36.1 Å². The molecular formula is C22H25N3O2. The number of urea groups is 1. The van der Waals surface area contributed by atoms with Gasteiger partial charge in [-0.2, -0.15) is 0 Å². The van der Waals surface area contributed by atoms with Gasteiger partial charge >= 0.3 is 6.03 Å². The average Bonchev–Trinajstić information content (AvgIpc) is 3.36. The summed E-state index contributed by atoms with van der Waals surface area (Å²) in [4.78, 5) is 26.6. The summed E-state index contributed by atoms with van der Waals surface area (Å²) < 4.78 is 0. The summed E-state index contributed by atoms with van der Waals surface area (Å²) >= 11 is 0. The molecule has 5 nitrogen and oxygen atoms in total. The van der Waals surface area contributed by atoms with Gasteiger partial charge < -0.3 is 15.5 Å². The molecule has 140 valence electrons. The Morgan fingerprint density at radius 2 is 1.81 bits per heavy atom. The van der Waals surface area contributed by atoms with Gasteiger partial charge in [-0.1, -0.05) is 43.2 Å². The molecule has 0 aromatic heterocycles. The number of carbonyl (C=O) groups is 2. The van der Waals surface area contributed by atoms with Crippen molar-refractivity contribution in [3.05, 3.63) is 65.2 Å². The number of hydrogen-bond donors (Lipinski definition) is 2. The second-order valence-electron chi connectivity index (χ2n) is 7.34. The number of anilines is 1.